The van der Waals surface area contributed by atoms with E-state index in [-0.39, 0.29) is 11.5 Å². The topological polar surface area (TPSA) is 33.0 Å². The van der Waals surface area contributed by atoms with Crippen LogP contribution in [0, 0.1) is 11.3 Å². The quantitative estimate of drug-likeness (QED) is 0.0512. The molecule has 0 radical (unpaired) electrons. The minimum Gasteiger partial charge on any atom is -0.373 e. The van der Waals surface area contributed by atoms with E-state index >= 15 is 0 Å². The summed E-state index contributed by atoms with van der Waals surface area (Å²) in [5.41, 5.74) is 4.94. The van der Waals surface area contributed by atoms with Crippen LogP contribution in [0.1, 0.15) is 150 Å². The number of halogens is 1. The Balaban J connectivity index is 1.38. The van der Waals surface area contributed by atoms with Gasteiger partial charge >= 0.3 is 0 Å². The van der Waals surface area contributed by atoms with Gasteiger partial charge in [0.15, 0.2) is 0 Å². The summed E-state index contributed by atoms with van der Waals surface area (Å²) >= 11 is 6.40. The molecule has 0 aromatic heterocycles. The summed E-state index contributed by atoms with van der Waals surface area (Å²) < 4.78 is 6.86. The van der Waals surface area contributed by atoms with Crippen LogP contribution in [-0.4, -0.2) is 6.10 Å². The van der Waals surface area contributed by atoms with Gasteiger partial charge < -0.3 is 4.74 Å². The predicted octanol–water partition coefficient (Wildman–Crippen LogP) is 14.2. The summed E-state index contributed by atoms with van der Waals surface area (Å²) in [5, 5.41) is 10.1. The second kappa shape index (κ2) is 23.2. The van der Waals surface area contributed by atoms with E-state index in [0.29, 0.717) is 17.2 Å². The third kappa shape index (κ3) is 13.1. The molecule has 0 fully saturated rings. The fourth-order valence-corrected chi connectivity index (χ4v) is 7.80. The fourth-order valence-electron chi connectivity index (χ4n) is 7.54. The largest absolute Gasteiger partial charge is 0.373 e. The van der Waals surface area contributed by atoms with Gasteiger partial charge in [-0.3, -0.25) is 0 Å². The van der Waals surface area contributed by atoms with Gasteiger partial charge in [-0.2, -0.15) is 5.26 Å². The molecule has 0 aliphatic heterocycles. The van der Waals surface area contributed by atoms with E-state index in [1.54, 1.807) is 6.07 Å². The molecule has 0 bridgehead atoms. The summed E-state index contributed by atoms with van der Waals surface area (Å²) in [7, 11) is 0. The highest BCUT2D eigenvalue weighted by atomic mass is 35.5. The van der Waals surface area contributed by atoms with Crippen molar-refractivity contribution in [1.82, 2.24) is 0 Å². The van der Waals surface area contributed by atoms with Gasteiger partial charge in [0, 0.05) is 10.4 Å². The molecule has 0 saturated heterocycles. The Labute approximate surface area is 309 Å². The lowest BCUT2D eigenvalue weighted by atomic mass is 9.66. The molecule has 266 valence electrons. The second-order valence-corrected chi connectivity index (χ2v) is 14.6. The van der Waals surface area contributed by atoms with Crippen molar-refractivity contribution in [2.45, 2.75) is 141 Å². The van der Waals surface area contributed by atoms with E-state index < -0.39 is 0 Å². The van der Waals surface area contributed by atoms with Crippen LogP contribution in [0.5, 0.6) is 0 Å². The van der Waals surface area contributed by atoms with Crippen molar-refractivity contribution in [2.24, 2.45) is 0 Å². The molecule has 0 saturated carbocycles. The van der Waals surface area contributed by atoms with Crippen LogP contribution in [-0.2, 0) is 16.8 Å². The molecule has 4 rings (SSSR count). The van der Waals surface area contributed by atoms with Crippen molar-refractivity contribution in [2.75, 3.05) is 0 Å². The van der Waals surface area contributed by atoms with Gasteiger partial charge in [-0.05, 0) is 53.3 Å². The van der Waals surface area contributed by atoms with Crippen LogP contribution in [0.15, 0.2) is 109 Å². The summed E-state index contributed by atoms with van der Waals surface area (Å²) in [6.45, 7) is 2.72. The van der Waals surface area contributed by atoms with Crippen LogP contribution in [0.4, 0.5) is 0 Å². The Kier molecular flexibility index (Phi) is 18.3. The Bertz CT molecular complexity index is 1400. The number of nitriles is 1. The smallest absolute Gasteiger partial charge is 0.0992 e. The lowest BCUT2D eigenvalue weighted by Gasteiger charge is -2.39. The van der Waals surface area contributed by atoms with Crippen LogP contribution < -0.4 is 0 Å². The molecular formula is C47H60ClNO. The SMILES string of the molecule is CCCCCCCCCCCCCCCCCC[C@@H](CC(c1ccccc1)(c1ccccc1)c1ccccc1)OCc1cc(Cl)cc(C#N)c1. The van der Waals surface area contributed by atoms with Crippen molar-refractivity contribution < 1.29 is 4.74 Å². The van der Waals surface area contributed by atoms with Crippen molar-refractivity contribution in [3.8, 4) is 6.07 Å². The van der Waals surface area contributed by atoms with Gasteiger partial charge in [-0.25, -0.2) is 0 Å². The lowest BCUT2D eigenvalue weighted by Crippen LogP contribution is -2.35. The number of ether oxygens (including phenoxy) is 1. The van der Waals surface area contributed by atoms with Crippen LogP contribution >= 0.6 is 11.6 Å². The standard InChI is InChI=1S/C47H60ClNO/c1-2-3-4-5-6-7-8-9-10-11-12-13-14-15-16-26-33-46(50-39-41-34-40(38-49)35-45(48)36-41)37-47(42-27-20-17-21-28-42,43-29-22-18-23-30-43)44-31-24-19-25-32-44/h17-25,27-32,34-36,46H,2-16,26,33,37,39H2,1H3/t46-/m0/s1. The van der Waals surface area contributed by atoms with Crippen molar-refractivity contribution in [1.29, 1.82) is 5.26 Å². The molecule has 4 aromatic rings. The molecule has 0 N–H and O–H groups in total. The van der Waals surface area contributed by atoms with E-state index in [9.17, 15) is 5.26 Å². The third-order valence-corrected chi connectivity index (χ3v) is 10.5. The highest BCUT2D eigenvalue weighted by Crippen LogP contribution is 2.44. The molecule has 1 atom stereocenters. The summed E-state index contributed by atoms with van der Waals surface area (Å²) in [5.74, 6) is 0. The number of rotatable bonds is 25. The zero-order chi connectivity index (χ0) is 35.1. The molecule has 0 spiro atoms. The summed E-state index contributed by atoms with van der Waals surface area (Å²) in [4.78, 5) is 0. The predicted molar refractivity (Wildman–Crippen MR) is 213 cm³/mol. The Morgan fingerprint density at radius 2 is 1.00 bits per heavy atom. The number of nitrogens with zero attached hydrogens (tertiary/aromatic N) is 1. The van der Waals surface area contributed by atoms with E-state index in [1.807, 2.05) is 12.1 Å². The molecule has 4 aromatic carbocycles. The molecule has 0 aliphatic rings. The Morgan fingerprint density at radius 1 is 0.580 bits per heavy atom. The Hall–Kier alpha value is -3.38. The van der Waals surface area contributed by atoms with Crippen molar-refractivity contribution in [3.63, 3.8) is 0 Å². The highest BCUT2D eigenvalue weighted by molar-refractivity contribution is 6.30. The monoisotopic (exact) mass is 689 g/mol. The minimum atomic E-state index is -0.379. The van der Waals surface area contributed by atoms with E-state index in [2.05, 4.69) is 104 Å². The van der Waals surface area contributed by atoms with Gasteiger partial charge in [-0.1, -0.05) is 212 Å². The zero-order valence-corrected chi connectivity index (χ0v) is 31.4. The first-order chi connectivity index (χ1) is 24.7. The van der Waals surface area contributed by atoms with Gasteiger partial charge in [0.1, 0.15) is 0 Å². The van der Waals surface area contributed by atoms with E-state index in [4.69, 9.17) is 16.3 Å². The van der Waals surface area contributed by atoms with Gasteiger partial charge in [-0.15, -0.1) is 0 Å². The van der Waals surface area contributed by atoms with Crippen molar-refractivity contribution in [3.05, 3.63) is 142 Å². The van der Waals surface area contributed by atoms with Crippen molar-refractivity contribution >= 4 is 11.6 Å². The molecule has 0 heterocycles. The average Bonchev–Trinajstić information content (AvgIpc) is 3.16. The summed E-state index contributed by atoms with van der Waals surface area (Å²) in [6.07, 6.45) is 23.6. The molecule has 0 amide bonds. The molecule has 50 heavy (non-hydrogen) atoms. The lowest BCUT2D eigenvalue weighted by molar-refractivity contribution is 0.0194. The minimum absolute atomic E-state index is 0.00628. The first-order valence-electron chi connectivity index (χ1n) is 19.6. The molecule has 0 aliphatic carbocycles. The summed E-state index contributed by atoms with van der Waals surface area (Å²) in [6, 6.07) is 40.6. The van der Waals surface area contributed by atoms with E-state index in [0.717, 1.165) is 24.8 Å². The first-order valence-corrected chi connectivity index (χ1v) is 20.0. The number of hydrogen-bond donors (Lipinski definition) is 0. The average molecular weight is 690 g/mol. The molecule has 3 heteroatoms. The highest BCUT2D eigenvalue weighted by Gasteiger charge is 2.38. The van der Waals surface area contributed by atoms with Crippen LogP contribution in [0.3, 0.4) is 0 Å². The normalized spacial score (nSPS) is 12.1. The fraction of sp³-hybridized carbons (Fsp3) is 0.468. The maximum atomic E-state index is 9.55. The van der Waals surface area contributed by atoms with E-state index in [1.165, 1.54) is 113 Å². The van der Waals surface area contributed by atoms with Gasteiger partial charge in [0.25, 0.3) is 0 Å². The third-order valence-electron chi connectivity index (χ3n) is 10.3. The maximum absolute atomic E-state index is 9.55. The number of benzene rings is 4. The molecular weight excluding hydrogens is 630 g/mol. The number of unbranched alkanes of at least 4 members (excludes halogenated alkanes) is 15. The second-order valence-electron chi connectivity index (χ2n) is 14.2. The van der Waals surface area contributed by atoms with Crippen LogP contribution in [0.25, 0.3) is 0 Å². The molecule has 2 nitrogen and oxygen atoms in total. The van der Waals surface area contributed by atoms with Gasteiger partial charge in [0.2, 0.25) is 0 Å². The first kappa shape index (κ1) is 39.4. The maximum Gasteiger partial charge on any atom is 0.0992 e. The molecule has 0 unspecified atom stereocenters. The Morgan fingerprint density at radius 3 is 1.42 bits per heavy atom. The number of hydrogen-bond acceptors (Lipinski definition) is 2. The van der Waals surface area contributed by atoms with Crippen LogP contribution in [0.2, 0.25) is 5.02 Å². The zero-order valence-electron chi connectivity index (χ0n) is 30.6. The van der Waals surface area contributed by atoms with Gasteiger partial charge in [0.05, 0.1) is 24.3 Å².